The molecule has 0 aliphatic heterocycles. The van der Waals surface area contributed by atoms with Crippen molar-refractivity contribution in [3.05, 3.63) is 101 Å². The summed E-state index contributed by atoms with van der Waals surface area (Å²) in [7, 11) is 1.79. The molecule has 38 heavy (non-hydrogen) atoms. The van der Waals surface area contributed by atoms with E-state index in [1.807, 2.05) is 32.9 Å². The predicted octanol–water partition coefficient (Wildman–Crippen LogP) is 9.23. The van der Waals surface area contributed by atoms with Crippen LogP contribution in [0.15, 0.2) is 101 Å². The molecule has 210 valence electrons. The highest BCUT2D eigenvalue weighted by Gasteiger charge is 2.13. The molecule has 0 aliphatic carbocycles. The number of nitrogens with two attached hydrogens (primary N) is 1. The van der Waals surface area contributed by atoms with Crippen LogP contribution in [0, 0.1) is 5.41 Å². The van der Waals surface area contributed by atoms with E-state index in [2.05, 4.69) is 101 Å². The normalized spacial score (nSPS) is 13.2. The van der Waals surface area contributed by atoms with Gasteiger partial charge in [0.1, 0.15) is 5.84 Å². The molecule has 0 saturated heterocycles. The Kier molecular flexibility index (Phi) is 15.8. The third-order valence-corrected chi connectivity index (χ3v) is 6.13. The van der Waals surface area contributed by atoms with E-state index in [4.69, 9.17) is 5.73 Å². The molecule has 0 bridgehead atoms. The number of nitrogens with zero attached hydrogens (tertiary/aromatic N) is 1. The third kappa shape index (κ3) is 13.3. The standard InChI is InChI=1S/C31H46N4.C3H8/c1-12-27(16-13-21(2)3)24(6)30(32)25(7)35-28-17-14-26(15-18-28)20-23(5)34-29(33-11)19-22(4)31(8,9)10;1-3-2/h12,14-15,17-19,35H,2,5,7,13,16,20,32H2,1,3-4,6,8-11H3,(H,33,34);3H2,1-2H3/b22-19+,27-12+,30-24-;. The zero-order valence-electron chi connectivity index (χ0n) is 25.9. The van der Waals surface area contributed by atoms with Crippen LogP contribution < -0.4 is 16.4 Å². The Morgan fingerprint density at radius 2 is 1.55 bits per heavy atom. The van der Waals surface area contributed by atoms with E-state index in [1.54, 1.807) is 7.05 Å². The summed E-state index contributed by atoms with van der Waals surface area (Å²) in [6.45, 7) is 31.4. The maximum atomic E-state index is 6.43. The van der Waals surface area contributed by atoms with Gasteiger partial charge in [0.25, 0.3) is 0 Å². The summed E-state index contributed by atoms with van der Waals surface area (Å²) in [6, 6.07) is 8.23. The van der Waals surface area contributed by atoms with Gasteiger partial charge in [0.05, 0.1) is 11.4 Å². The van der Waals surface area contributed by atoms with E-state index in [0.29, 0.717) is 17.8 Å². The molecular formula is C34H54N4. The van der Waals surface area contributed by atoms with Crippen LogP contribution in [0.3, 0.4) is 0 Å². The Hall–Kier alpha value is -3.27. The molecule has 1 rings (SSSR count). The van der Waals surface area contributed by atoms with Crippen molar-refractivity contribution in [1.29, 1.82) is 0 Å². The fraction of sp³-hybridized carbons (Fsp3) is 0.441. The van der Waals surface area contributed by atoms with Crippen molar-refractivity contribution in [2.24, 2.45) is 16.1 Å². The van der Waals surface area contributed by atoms with Crippen molar-refractivity contribution < 1.29 is 0 Å². The first-order chi connectivity index (χ1) is 17.7. The van der Waals surface area contributed by atoms with E-state index in [0.717, 1.165) is 41.2 Å². The second-order valence-electron chi connectivity index (χ2n) is 10.9. The Morgan fingerprint density at radius 1 is 1.00 bits per heavy atom. The summed E-state index contributed by atoms with van der Waals surface area (Å²) in [6.07, 6.45) is 8.03. The lowest BCUT2D eigenvalue weighted by molar-refractivity contribution is 0.504. The van der Waals surface area contributed by atoms with Crippen molar-refractivity contribution in [3.8, 4) is 0 Å². The monoisotopic (exact) mass is 518 g/mol. The third-order valence-electron chi connectivity index (χ3n) is 6.13. The number of hydrogen-bond acceptors (Lipinski definition) is 3. The van der Waals surface area contributed by atoms with Crippen molar-refractivity contribution in [2.45, 2.75) is 88.0 Å². The quantitative estimate of drug-likeness (QED) is 0.118. The van der Waals surface area contributed by atoms with Gasteiger partial charge in [-0.25, -0.2) is 0 Å². The average molecular weight is 519 g/mol. The summed E-state index contributed by atoms with van der Waals surface area (Å²) in [5.41, 5.74) is 15.6. The number of aliphatic imine (C=N–C) groups is 1. The molecule has 0 atom stereocenters. The highest BCUT2D eigenvalue weighted by molar-refractivity contribution is 5.94. The average Bonchev–Trinajstić information content (AvgIpc) is 2.84. The summed E-state index contributed by atoms with van der Waals surface area (Å²) in [4.78, 5) is 4.36. The lowest BCUT2D eigenvalue weighted by Gasteiger charge is -2.20. The molecule has 0 aromatic heterocycles. The van der Waals surface area contributed by atoms with Crippen LogP contribution in [-0.2, 0) is 6.42 Å². The van der Waals surface area contributed by atoms with Gasteiger partial charge < -0.3 is 16.4 Å². The summed E-state index contributed by atoms with van der Waals surface area (Å²) in [5, 5.41) is 6.68. The molecule has 0 saturated carbocycles. The Morgan fingerprint density at radius 3 is 2.00 bits per heavy atom. The molecule has 1 aromatic rings. The molecule has 1 aromatic carbocycles. The number of allylic oxidation sites excluding steroid dienone is 6. The van der Waals surface area contributed by atoms with Gasteiger partial charge in [0.2, 0.25) is 0 Å². The molecule has 4 heteroatoms. The van der Waals surface area contributed by atoms with Crippen molar-refractivity contribution >= 4 is 11.5 Å². The van der Waals surface area contributed by atoms with Gasteiger partial charge in [-0.15, -0.1) is 6.58 Å². The van der Waals surface area contributed by atoms with Crippen LogP contribution in [-0.4, -0.2) is 12.9 Å². The fourth-order valence-electron chi connectivity index (χ4n) is 3.29. The topological polar surface area (TPSA) is 62.4 Å². The minimum absolute atomic E-state index is 0.0991. The summed E-state index contributed by atoms with van der Waals surface area (Å²) < 4.78 is 0. The van der Waals surface area contributed by atoms with Gasteiger partial charge in [-0.3, -0.25) is 4.99 Å². The summed E-state index contributed by atoms with van der Waals surface area (Å²) in [5.74, 6) is 0.818. The zero-order valence-corrected chi connectivity index (χ0v) is 25.9. The van der Waals surface area contributed by atoms with Crippen LogP contribution >= 0.6 is 0 Å². The SMILES string of the molecule is C=C(C)CCC(=C\C)/C(C)=C(\N)C(=C)Nc1ccc(CC(=C)NC(/C=C(\C)C(C)(C)C)=NC)cc1.CCC. The minimum Gasteiger partial charge on any atom is -0.397 e. The predicted molar refractivity (Wildman–Crippen MR) is 172 cm³/mol. The first-order valence-corrected chi connectivity index (χ1v) is 13.6. The number of hydrogen-bond donors (Lipinski definition) is 3. The van der Waals surface area contributed by atoms with Crippen molar-refractivity contribution in [1.82, 2.24) is 5.32 Å². The second-order valence-corrected chi connectivity index (χ2v) is 10.9. The van der Waals surface area contributed by atoms with Crippen LogP contribution in [0.2, 0.25) is 0 Å². The molecule has 0 radical (unpaired) electrons. The molecule has 0 amide bonds. The van der Waals surface area contributed by atoms with Gasteiger partial charge >= 0.3 is 0 Å². The molecule has 0 unspecified atom stereocenters. The molecule has 0 aliphatic rings. The first-order valence-electron chi connectivity index (χ1n) is 13.6. The smallest absolute Gasteiger partial charge is 0.124 e. The van der Waals surface area contributed by atoms with E-state index < -0.39 is 0 Å². The highest BCUT2D eigenvalue weighted by Crippen LogP contribution is 2.25. The first kappa shape index (κ1) is 34.7. The fourth-order valence-corrected chi connectivity index (χ4v) is 3.29. The van der Waals surface area contributed by atoms with Gasteiger partial charge in [-0.1, -0.05) is 83.6 Å². The van der Waals surface area contributed by atoms with E-state index in [-0.39, 0.29) is 5.41 Å². The lowest BCUT2D eigenvalue weighted by atomic mass is 9.87. The maximum absolute atomic E-state index is 6.43. The minimum atomic E-state index is 0.0991. The number of nitrogens with one attached hydrogen (secondary N) is 2. The number of rotatable bonds is 11. The molecule has 0 fully saturated rings. The Bertz CT molecular complexity index is 1050. The highest BCUT2D eigenvalue weighted by atomic mass is 15.0. The molecule has 0 spiro atoms. The molecular weight excluding hydrogens is 464 g/mol. The van der Waals surface area contributed by atoms with E-state index in [9.17, 15) is 0 Å². The van der Waals surface area contributed by atoms with Gasteiger partial charge in [0.15, 0.2) is 0 Å². The van der Waals surface area contributed by atoms with E-state index in [1.165, 1.54) is 23.1 Å². The lowest BCUT2D eigenvalue weighted by Crippen LogP contribution is -2.23. The van der Waals surface area contributed by atoms with Crippen molar-refractivity contribution in [2.75, 3.05) is 12.4 Å². The van der Waals surface area contributed by atoms with Crippen LogP contribution in [0.4, 0.5) is 5.69 Å². The van der Waals surface area contributed by atoms with Crippen molar-refractivity contribution in [3.63, 3.8) is 0 Å². The van der Waals surface area contributed by atoms with E-state index >= 15 is 0 Å². The molecule has 4 N–H and O–H groups in total. The Labute approximate surface area is 234 Å². The van der Waals surface area contributed by atoms with Crippen LogP contribution in [0.25, 0.3) is 0 Å². The maximum Gasteiger partial charge on any atom is 0.124 e. The number of anilines is 1. The second kappa shape index (κ2) is 17.3. The van der Waals surface area contributed by atoms with Gasteiger partial charge in [-0.05, 0) is 80.9 Å². The molecule has 4 nitrogen and oxygen atoms in total. The Balaban J connectivity index is 0.00000434. The van der Waals surface area contributed by atoms with Crippen LogP contribution in [0.5, 0.6) is 0 Å². The van der Waals surface area contributed by atoms with Gasteiger partial charge in [0, 0.05) is 24.9 Å². The number of benzene rings is 1. The zero-order chi connectivity index (χ0) is 29.5. The van der Waals surface area contributed by atoms with Gasteiger partial charge in [-0.2, -0.15) is 0 Å². The largest absolute Gasteiger partial charge is 0.397 e. The van der Waals surface area contributed by atoms with Crippen LogP contribution in [0.1, 0.15) is 87.1 Å². The summed E-state index contributed by atoms with van der Waals surface area (Å²) >= 11 is 0. The molecule has 0 heterocycles. The number of amidine groups is 1.